The van der Waals surface area contributed by atoms with E-state index in [0.717, 1.165) is 9.87 Å². The summed E-state index contributed by atoms with van der Waals surface area (Å²) in [5.74, 6) is -0.500. The van der Waals surface area contributed by atoms with Gasteiger partial charge in [-0.25, -0.2) is 13.2 Å². The third kappa shape index (κ3) is 6.52. The van der Waals surface area contributed by atoms with Crippen LogP contribution in [0, 0.1) is 6.92 Å². The highest BCUT2D eigenvalue weighted by Gasteiger charge is 2.31. The lowest BCUT2D eigenvalue weighted by Crippen LogP contribution is -2.44. The summed E-state index contributed by atoms with van der Waals surface area (Å²) in [5.41, 5.74) is 1.50. The topological polar surface area (TPSA) is 102 Å². The molecule has 0 saturated heterocycles. The Labute approximate surface area is 189 Å². The maximum atomic E-state index is 13.5. The third-order valence-corrected chi connectivity index (χ3v) is 6.41. The number of carbonyl (C=O) groups is 1. The summed E-state index contributed by atoms with van der Waals surface area (Å²) in [5, 5.41) is 10.7. The van der Waals surface area contributed by atoms with Gasteiger partial charge >= 0.3 is 5.97 Å². The number of hydrogen-bond donors (Lipinski definition) is 1. The molecule has 1 N–H and O–H groups in total. The Morgan fingerprint density at radius 1 is 0.938 bits per heavy atom. The second kappa shape index (κ2) is 12.0. The van der Waals surface area contributed by atoms with E-state index in [0.29, 0.717) is 18.8 Å². The number of ether oxygens (including phenoxy) is 3. The molecular weight excluding hydrogens is 434 g/mol. The Balaban J connectivity index is 2.44. The highest BCUT2D eigenvalue weighted by atomic mass is 32.2. The van der Waals surface area contributed by atoms with Crippen LogP contribution in [0.1, 0.15) is 36.7 Å². The molecule has 176 valence electrons. The number of anilines is 1. The van der Waals surface area contributed by atoms with E-state index < -0.39 is 28.4 Å². The lowest BCUT2D eigenvalue weighted by molar-refractivity contribution is -0.186. The van der Waals surface area contributed by atoms with Gasteiger partial charge in [-0.1, -0.05) is 17.7 Å². The molecule has 0 aliphatic heterocycles. The second-order valence-corrected chi connectivity index (χ2v) is 8.83. The molecule has 8 nitrogen and oxygen atoms in total. The molecule has 2 aromatic carbocycles. The first-order valence-corrected chi connectivity index (χ1v) is 12.0. The van der Waals surface area contributed by atoms with E-state index in [2.05, 4.69) is 0 Å². The molecule has 1 atom stereocenters. The van der Waals surface area contributed by atoms with Gasteiger partial charge in [-0.2, -0.15) is 0 Å². The molecule has 0 fully saturated rings. The van der Waals surface area contributed by atoms with E-state index in [1.165, 1.54) is 36.4 Å². The van der Waals surface area contributed by atoms with E-state index in [1.54, 1.807) is 32.9 Å². The molecule has 0 aliphatic rings. The zero-order valence-corrected chi connectivity index (χ0v) is 19.7. The summed E-state index contributed by atoms with van der Waals surface area (Å²) < 4.78 is 43.9. The normalized spacial score (nSPS) is 12.6. The molecule has 0 saturated carbocycles. The predicted molar refractivity (Wildman–Crippen MR) is 121 cm³/mol. The molecule has 2 rings (SSSR count). The van der Waals surface area contributed by atoms with Crippen molar-refractivity contribution in [1.82, 2.24) is 0 Å². The summed E-state index contributed by atoms with van der Waals surface area (Å²) in [7, 11) is -4.03. The Morgan fingerprint density at radius 2 is 1.50 bits per heavy atom. The number of nitrogens with zero attached hydrogens (tertiary/aromatic N) is 1. The smallest absolute Gasteiger partial charge is 0.338 e. The standard InChI is InChI=1S/C23H31NO7S/c1-5-29-22(26)18-10-12-19(13-11-18)24(16-21(25)23(30-6-2)31-7-3)32(27,28)20-14-8-17(4)9-15-20/h8-15,21,23,25H,5-7,16H2,1-4H3/t21-/m0/s1. The van der Waals surface area contributed by atoms with Crippen molar-refractivity contribution in [3.05, 3.63) is 59.7 Å². The number of sulfonamides is 1. The highest BCUT2D eigenvalue weighted by Crippen LogP contribution is 2.26. The molecule has 0 aliphatic carbocycles. The SMILES string of the molecule is CCOC(=O)c1ccc(N(C[C@H](O)C(OCC)OCC)S(=O)(=O)c2ccc(C)cc2)cc1. The minimum Gasteiger partial charge on any atom is -0.462 e. The van der Waals surface area contributed by atoms with Crippen molar-refractivity contribution in [2.75, 3.05) is 30.7 Å². The van der Waals surface area contributed by atoms with Crippen molar-refractivity contribution in [2.24, 2.45) is 0 Å². The predicted octanol–water partition coefficient (Wildman–Crippen LogP) is 3.13. The Morgan fingerprint density at radius 3 is 2.00 bits per heavy atom. The van der Waals surface area contributed by atoms with E-state index in [4.69, 9.17) is 14.2 Å². The van der Waals surface area contributed by atoms with Crippen LogP contribution >= 0.6 is 0 Å². The van der Waals surface area contributed by atoms with Crippen molar-refractivity contribution < 1.29 is 32.5 Å². The second-order valence-electron chi connectivity index (χ2n) is 6.96. The van der Waals surface area contributed by atoms with Crippen LogP contribution in [0.4, 0.5) is 5.69 Å². The van der Waals surface area contributed by atoms with E-state index >= 15 is 0 Å². The minimum absolute atomic E-state index is 0.0779. The average molecular weight is 466 g/mol. The number of hydrogen-bond acceptors (Lipinski definition) is 7. The molecule has 2 aromatic rings. The zero-order valence-electron chi connectivity index (χ0n) is 18.9. The van der Waals surface area contributed by atoms with Gasteiger partial charge in [0.1, 0.15) is 6.10 Å². The van der Waals surface area contributed by atoms with E-state index in [1.807, 2.05) is 6.92 Å². The number of benzene rings is 2. The molecule has 9 heteroatoms. The first-order valence-electron chi connectivity index (χ1n) is 10.5. The molecule has 0 aromatic heterocycles. The van der Waals surface area contributed by atoms with Crippen LogP contribution in [-0.2, 0) is 24.2 Å². The Kier molecular flexibility index (Phi) is 9.64. The first kappa shape index (κ1) is 25.8. The number of aliphatic hydroxyl groups is 1. The number of esters is 1. The lowest BCUT2D eigenvalue weighted by atomic mass is 10.2. The fourth-order valence-electron chi connectivity index (χ4n) is 3.01. The maximum Gasteiger partial charge on any atom is 0.338 e. The van der Waals surface area contributed by atoms with Gasteiger partial charge in [0.15, 0.2) is 6.29 Å². The fourth-order valence-corrected chi connectivity index (χ4v) is 4.50. The van der Waals surface area contributed by atoms with Gasteiger partial charge in [0.05, 0.1) is 29.3 Å². The molecule has 0 bridgehead atoms. The Hall–Kier alpha value is -2.46. The number of rotatable bonds is 12. The van der Waals surface area contributed by atoms with Crippen molar-refractivity contribution in [2.45, 2.75) is 45.0 Å². The van der Waals surface area contributed by atoms with Crippen LogP contribution in [0.3, 0.4) is 0 Å². The summed E-state index contributed by atoms with van der Waals surface area (Å²) in [6, 6.07) is 12.4. The van der Waals surface area contributed by atoms with Gasteiger partial charge < -0.3 is 19.3 Å². The maximum absolute atomic E-state index is 13.5. The molecule has 0 spiro atoms. The summed E-state index contributed by atoms with van der Waals surface area (Å²) in [4.78, 5) is 12.0. The van der Waals surface area contributed by atoms with Crippen molar-refractivity contribution in [3.8, 4) is 0 Å². The average Bonchev–Trinajstić information content (AvgIpc) is 2.77. The molecule has 0 heterocycles. The van der Waals surface area contributed by atoms with Crippen molar-refractivity contribution in [3.63, 3.8) is 0 Å². The number of carbonyl (C=O) groups excluding carboxylic acids is 1. The van der Waals surface area contributed by atoms with Crippen LogP contribution in [0.15, 0.2) is 53.4 Å². The number of aliphatic hydroxyl groups excluding tert-OH is 1. The van der Waals surface area contributed by atoms with Crippen molar-refractivity contribution >= 4 is 21.7 Å². The summed E-state index contributed by atoms with van der Waals surface area (Å²) >= 11 is 0. The van der Waals surface area contributed by atoms with Gasteiger partial charge in [0, 0.05) is 13.2 Å². The van der Waals surface area contributed by atoms with Crippen molar-refractivity contribution in [1.29, 1.82) is 0 Å². The van der Waals surface area contributed by atoms with E-state index in [9.17, 15) is 18.3 Å². The van der Waals surface area contributed by atoms with Gasteiger partial charge in [-0.15, -0.1) is 0 Å². The fraction of sp³-hybridized carbons (Fsp3) is 0.435. The molecule has 0 unspecified atom stereocenters. The largest absolute Gasteiger partial charge is 0.462 e. The monoisotopic (exact) mass is 465 g/mol. The molecule has 0 radical (unpaired) electrons. The van der Waals surface area contributed by atoms with Crippen LogP contribution in [0.25, 0.3) is 0 Å². The van der Waals surface area contributed by atoms with Crippen LogP contribution in [-0.4, -0.2) is 58.3 Å². The molecule has 0 amide bonds. The molecular formula is C23H31NO7S. The van der Waals surface area contributed by atoms with Gasteiger partial charge in [-0.05, 0) is 64.1 Å². The van der Waals surface area contributed by atoms with Gasteiger partial charge in [0.25, 0.3) is 10.0 Å². The quantitative estimate of drug-likeness (QED) is 0.379. The van der Waals surface area contributed by atoms with Crippen LogP contribution in [0.2, 0.25) is 0 Å². The van der Waals surface area contributed by atoms with Gasteiger partial charge in [-0.3, -0.25) is 4.31 Å². The lowest BCUT2D eigenvalue weighted by Gasteiger charge is -2.30. The van der Waals surface area contributed by atoms with Crippen LogP contribution in [0.5, 0.6) is 0 Å². The molecule has 32 heavy (non-hydrogen) atoms. The zero-order chi connectivity index (χ0) is 23.7. The minimum atomic E-state index is -4.03. The van der Waals surface area contributed by atoms with Crippen LogP contribution < -0.4 is 4.31 Å². The third-order valence-electron chi connectivity index (χ3n) is 4.60. The highest BCUT2D eigenvalue weighted by molar-refractivity contribution is 7.92. The summed E-state index contributed by atoms with van der Waals surface area (Å²) in [6.45, 7) is 7.59. The number of aryl methyl sites for hydroxylation is 1. The van der Waals surface area contributed by atoms with Gasteiger partial charge in [0.2, 0.25) is 0 Å². The Bertz CT molecular complexity index is 953. The first-order chi connectivity index (χ1) is 15.2. The van der Waals surface area contributed by atoms with E-state index in [-0.39, 0.29) is 23.7 Å². The summed E-state index contributed by atoms with van der Waals surface area (Å²) in [6.07, 6.45) is -2.24.